The average Bonchev–Trinajstić information content (AvgIpc) is 2.57. The summed E-state index contributed by atoms with van der Waals surface area (Å²) < 4.78 is 5.85. The molecule has 0 aromatic heterocycles. The van der Waals surface area contributed by atoms with Gasteiger partial charge in [0.15, 0.2) is 0 Å². The number of benzene rings is 2. The van der Waals surface area contributed by atoms with E-state index in [1.807, 2.05) is 30.3 Å². The van der Waals surface area contributed by atoms with Gasteiger partial charge < -0.3 is 15.0 Å². The van der Waals surface area contributed by atoms with Gasteiger partial charge >= 0.3 is 0 Å². The molecule has 4 heteroatoms. The van der Waals surface area contributed by atoms with E-state index < -0.39 is 0 Å². The Balaban J connectivity index is 1.49. The Morgan fingerprint density at radius 2 is 1.86 bits per heavy atom. The van der Waals surface area contributed by atoms with Gasteiger partial charge in [-0.25, -0.2) is 0 Å². The first-order chi connectivity index (χ1) is 10.8. The van der Waals surface area contributed by atoms with E-state index in [1.54, 1.807) is 0 Å². The highest BCUT2D eigenvalue weighted by atomic mass is 35.5. The Kier molecular flexibility index (Phi) is 5.33. The summed E-state index contributed by atoms with van der Waals surface area (Å²) in [5.74, 6) is 0. The highest BCUT2D eigenvalue weighted by molar-refractivity contribution is 6.30. The van der Waals surface area contributed by atoms with Gasteiger partial charge in [0.2, 0.25) is 0 Å². The Morgan fingerprint density at radius 3 is 2.64 bits per heavy atom. The number of anilines is 1. The highest BCUT2D eigenvalue weighted by Crippen LogP contribution is 2.19. The standard InChI is InChI=1S/C18H21ClN2O/c19-16-6-8-18(9-7-16)21-11-10-20-17(12-21)14-22-13-15-4-2-1-3-5-15/h1-9,17,20H,10-14H2/t17-/m1/s1. The largest absolute Gasteiger partial charge is 0.375 e. The first-order valence-electron chi connectivity index (χ1n) is 7.67. The van der Waals surface area contributed by atoms with E-state index >= 15 is 0 Å². The lowest BCUT2D eigenvalue weighted by Gasteiger charge is -2.35. The maximum atomic E-state index is 5.96. The van der Waals surface area contributed by atoms with Crippen molar-refractivity contribution in [1.29, 1.82) is 0 Å². The second-order valence-corrected chi connectivity index (χ2v) is 6.01. The van der Waals surface area contributed by atoms with Crippen molar-refractivity contribution in [3.05, 3.63) is 65.2 Å². The molecular weight excluding hydrogens is 296 g/mol. The van der Waals surface area contributed by atoms with Crippen LogP contribution in [0, 0.1) is 0 Å². The molecule has 2 aromatic rings. The highest BCUT2D eigenvalue weighted by Gasteiger charge is 2.19. The van der Waals surface area contributed by atoms with Crippen LogP contribution in [0.3, 0.4) is 0 Å². The molecule has 0 amide bonds. The summed E-state index contributed by atoms with van der Waals surface area (Å²) in [4.78, 5) is 2.38. The first kappa shape index (κ1) is 15.3. The molecule has 0 saturated carbocycles. The van der Waals surface area contributed by atoms with Gasteiger partial charge in [-0.2, -0.15) is 0 Å². The normalized spacial score (nSPS) is 18.4. The van der Waals surface area contributed by atoms with Gasteiger partial charge in [-0.15, -0.1) is 0 Å². The van der Waals surface area contributed by atoms with Crippen LogP contribution in [0.25, 0.3) is 0 Å². The molecule has 1 atom stereocenters. The Hall–Kier alpha value is -1.55. The third kappa shape index (κ3) is 4.23. The number of nitrogens with zero attached hydrogens (tertiary/aromatic N) is 1. The molecule has 0 radical (unpaired) electrons. The second-order valence-electron chi connectivity index (χ2n) is 5.57. The topological polar surface area (TPSA) is 24.5 Å². The molecule has 1 aliphatic rings. The summed E-state index contributed by atoms with van der Waals surface area (Å²) in [7, 11) is 0. The Bertz CT molecular complexity index is 573. The fraction of sp³-hybridized carbons (Fsp3) is 0.333. The zero-order valence-corrected chi connectivity index (χ0v) is 13.3. The molecule has 1 N–H and O–H groups in total. The molecule has 0 unspecified atom stereocenters. The Labute approximate surface area is 136 Å². The molecule has 1 saturated heterocycles. The number of nitrogens with one attached hydrogen (secondary N) is 1. The number of piperazine rings is 1. The van der Waals surface area contributed by atoms with Gasteiger partial charge in [-0.3, -0.25) is 0 Å². The lowest BCUT2D eigenvalue weighted by atomic mass is 10.2. The van der Waals surface area contributed by atoms with Crippen LogP contribution in [0.1, 0.15) is 5.56 Å². The van der Waals surface area contributed by atoms with Crippen molar-refractivity contribution in [1.82, 2.24) is 5.32 Å². The molecule has 1 fully saturated rings. The average molecular weight is 317 g/mol. The predicted molar refractivity (Wildman–Crippen MR) is 91.6 cm³/mol. The van der Waals surface area contributed by atoms with Gasteiger partial charge in [0.25, 0.3) is 0 Å². The van der Waals surface area contributed by atoms with Crippen molar-refractivity contribution in [2.45, 2.75) is 12.6 Å². The molecule has 2 aromatic carbocycles. The SMILES string of the molecule is Clc1ccc(N2CCN[C@@H](COCc3ccccc3)C2)cc1. The molecule has 0 spiro atoms. The van der Waals surface area contributed by atoms with Crippen molar-refractivity contribution in [2.24, 2.45) is 0 Å². The van der Waals surface area contributed by atoms with Crippen LogP contribution >= 0.6 is 11.6 Å². The summed E-state index contributed by atoms with van der Waals surface area (Å²) in [6.45, 7) is 4.33. The molecule has 116 valence electrons. The van der Waals surface area contributed by atoms with E-state index in [0.717, 1.165) is 31.3 Å². The van der Waals surface area contributed by atoms with E-state index in [1.165, 1.54) is 11.3 Å². The third-order valence-corrected chi connectivity index (χ3v) is 4.13. The number of rotatable bonds is 5. The van der Waals surface area contributed by atoms with Crippen molar-refractivity contribution in [3.8, 4) is 0 Å². The van der Waals surface area contributed by atoms with Crippen molar-refractivity contribution in [2.75, 3.05) is 31.1 Å². The van der Waals surface area contributed by atoms with Gasteiger partial charge in [0, 0.05) is 36.4 Å². The van der Waals surface area contributed by atoms with Gasteiger partial charge in [-0.1, -0.05) is 41.9 Å². The van der Waals surface area contributed by atoms with E-state index in [2.05, 4.69) is 34.5 Å². The fourth-order valence-corrected chi connectivity index (χ4v) is 2.84. The van der Waals surface area contributed by atoms with E-state index in [9.17, 15) is 0 Å². The summed E-state index contributed by atoms with van der Waals surface area (Å²) in [6, 6.07) is 18.7. The molecule has 3 nitrogen and oxygen atoms in total. The zero-order valence-electron chi connectivity index (χ0n) is 12.5. The summed E-state index contributed by atoms with van der Waals surface area (Å²) in [5.41, 5.74) is 2.44. The minimum absolute atomic E-state index is 0.355. The number of hydrogen-bond donors (Lipinski definition) is 1. The molecule has 1 aliphatic heterocycles. The second kappa shape index (κ2) is 7.63. The van der Waals surface area contributed by atoms with E-state index in [4.69, 9.17) is 16.3 Å². The molecule has 3 rings (SSSR count). The Morgan fingerprint density at radius 1 is 1.09 bits per heavy atom. The maximum absolute atomic E-state index is 5.96. The molecule has 1 heterocycles. The zero-order chi connectivity index (χ0) is 15.2. The minimum Gasteiger partial charge on any atom is -0.375 e. The number of ether oxygens (including phenoxy) is 1. The van der Waals surface area contributed by atoms with Crippen molar-refractivity contribution >= 4 is 17.3 Å². The molecule has 0 bridgehead atoms. The third-order valence-electron chi connectivity index (χ3n) is 3.88. The van der Waals surface area contributed by atoms with Gasteiger partial charge in [0.1, 0.15) is 0 Å². The van der Waals surface area contributed by atoms with Crippen LogP contribution in [-0.2, 0) is 11.3 Å². The van der Waals surface area contributed by atoms with E-state index in [0.29, 0.717) is 12.6 Å². The lowest BCUT2D eigenvalue weighted by molar-refractivity contribution is 0.0972. The molecular formula is C18H21ClN2O. The van der Waals surface area contributed by atoms with Gasteiger partial charge in [-0.05, 0) is 29.8 Å². The predicted octanol–water partition coefficient (Wildman–Crippen LogP) is 3.34. The van der Waals surface area contributed by atoms with Crippen LogP contribution in [0.4, 0.5) is 5.69 Å². The van der Waals surface area contributed by atoms with Crippen LogP contribution in [0.5, 0.6) is 0 Å². The number of hydrogen-bond acceptors (Lipinski definition) is 3. The quantitative estimate of drug-likeness (QED) is 0.915. The van der Waals surface area contributed by atoms with Crippen LogP contribution < -0.4 is 10.2 Å². The van der Waals surface area contributed by atoms with Crippen LogP contribution in [0.15, 0.2) is 54.6 Å². The molecule has 22 heavy (non-hydrogen) atoms. The molecule has 0 aliphatic carbocycles. The fourth-order valence-electron chi connectivity index (χ4n) is 2.72. The van der Waals surface area contributed by atoms with Gasteiger partial charge in [0.05, 0.1) is 13.2 Å². The first-order valence-corrected chi connectivity index (χ1v) is 8.04. The van der Waals surface area contributed by atoms with Crippen LogP contribution in [-0.4, -0.2) is 32.3 Å². The van der Waals surface area contributed by atoms with Crippen molar-refractivity contribution in [3.63, 3.8) is 0 Å². The summed E-state index contributed by atoms with van der Waals surface area (Å²) in [5, 5.41) is 4.30. The van der Waals surface area contributed by atoms with Crippen molar-refractivity contribution < 1.29 is 4.74 Å². The summed E-state index contributed by atoms with van der Waals surface area (Å²) in [6.07, 6.45) is 0. The smallest absolute Gasteiger partial charge is 0.0717 e. The lowest BCUT2D eigenvalue weighted by Crippen LogP contribution is -2.52. The summed E-state index contributed by atoms with van der Waals surface area (Å²) >= 11 is 5.96. The van der Waals surface area contributed by atoms with E-state index in [-0.39, 0.29) is 0 Å². The number of halogens is 1. The monoisotopic (exact) mass is 316 g/mol. The van der Waals surface area contributed by atoms with Crippen LogP contribution in [0.2, 0.25) is 5.02 Å². The maximum Gasteiger partial charge on any atom is 0.0717 e. The minimum atomic E-state index is 0.355.